The van der Waals surface area contributed by atoms with Crippen molar-refractivity contribution in [1.82, 2.24) is 4.90 Å². The summed E-state index contributed by atoms with van der Waals surface area (Å²) < 4.78 is 0. The van der Waals surface area contributed by atoms with Gasteiger partial charge in [-0.1, -0.05) is 25.3 Å². The molecule has 1 aliphatic rings. The van der Waals surface area contributed by atoms with Gasteiger partial charge in [0.1, 0.15) is 7.85 Å². The summed E-state index contributed by atoms with van der Waals surface area (Å²) in [4.78, 5) is 2.31. The molecule has 0 aromatic rings. The van der Waals surface area contributed by atoms with Gasteiger partial charge in [0.2, 0.25) is 0 Å². The highest BCUT2D eigenvalue weighted by atomic mass is 32.2. The normalized spacial score (nSPS) is 18.4. The molecule has 0 amide bonds. The molecule has 1 fully saturated rings. The summed E-state index contributed by atoms with van der Waals surface area (Å²) in [5.74, 6) is 0. The fraction of sp³-hybridized carbons (Fsp3) is 0.556. The SMILES string of the molecule is [B]/C(C)=C/SC(=C)N1CCCC1. The average Bonchev–Trinajstić information content (AvgIpc) is 2.51. The molecule has 1 aliphatic heterocycles. The minimum absolute atomic E-state index is 0.848. The Hall–Kier alpha value is -0.305. The molecule has 3 heteroatoms. The van der Waals surface area contributed by atoms with Crippen LogP contribution >= 0.6 is 11.8 Å². The molecule has 0 aromatic heterocycles. The second-order valence-electron chi connectivity index (χ2n) is 3.07. The number of hydrogen-bond donors (Lipinski definition) is 0. The molecule has 64 valence electrons. The predicted octanol–water partition coefficient (Wildman–Crippen LogP) is 2.32. The van der Waals surface area contributed by atoms with E-state index in [-0.39, 0.29) is 0 Å². The molecule has 0 bridgehead atoms. The Morgan fingerprint density at radius 1 is 1.50 bits per heavy atom. The van der Waals surface area contributed by atoms with Crippen LogP contribution in [0.2, 0.25) is 0 Å². The van der Waals surface area contributed by atoms with E-state index in [4.69, 9.17) is 7.85 Å². The Balaban J connectivity index is 2.32. The number of rotatable bonds is 3. The number of allylic oxidation sites excluding steroid dienone is 1. The summed E-state index contributed by atoms with van der Waals surface area (Å²) in [6.07, 6.45) is 2.59. The molecule has 0 N–H and O–H groups in total. The van der Waals surface area contributed by atoms with Crippen molar-refractivity contribution in [3.8, 4) is 0 Å². The zero-order chi connectivity index (χ0) is 8.97. The number of nitrogens with zero attached hydrogens (tertiary/aromatic N) is 1. The minimum Gasteiger partial charge on any atom is -0.367 e. The van der Waals surface area contributed by atoms with Crippen molar-refractivity contribution in [2.45, 2.75) is 19.8 Å². The topological polar surface area (TPSA) is 3.24 Å². The first-order valence-corrected chi connectivity index (χ1v) is 5.11. The molecular formula is C9H14BNS. The fourth-order valence-electron chi connectivity index (χ4n) is 1.20. The van der Waals surface area contributed by atoms with Gasteiger partial charge in [0, 0.05) is 13.1 Å². The van der Waals surface area contributed by atoms with Crippen molar-refractivity contribution in [3.63, 3.8) is 0 Å². The highest BCUT2D eigenvalue weighted by Crippen LogP contribution is 2.24. The second kappa shape index (κ2) is 4.66. The molecule has 0 aliphatic carbocycles. The van der Waals surface area contributed by atoms with Crippen LogP contribution in [0.5, 0.6) is 0 Å². The van der Waals surface area contributed by atoms with Crippen LogP contribution in [0, 0.1) is 0 Å². The van der Waals surface area contributed by atoms with Gasteiger partial charge in [-0.3, -0.25) is 0 Å². The Morgan fingerprint density at radius 3 is 2.58 bits per heavy atom. The van der Waals surface area contributed by atoms with Crippen LogP contribution in [0.25, 0.3) is 0 Å². The van der Waals surface area contributed by atoms with Crippen molar-refractivity contribution < 1.29 is 0 Å². The van der Waals surface area contributed by atoms with Crippen molar-refractivity contribution >= 4 is 19.6 Å². The third-order valence-electron chi connectivity index (χ3n) is 1.84. The van der Waals surface area contributed by atoms with Gasteiger partial charge in [-0.05, 0) is 18.2 Å². The van der Waals surface area contributed by atoms with Crippen molar-refractivity contribution in [2.24, 2.45) is 0 Å². The van der Waals surface area contributed by atoms with Gasteiger partial charge in [-0.25, -0.2) is 0 Å². The first-order chi connectivity index (χ1) is 5.70. The van der Waals surface area contributed by atoms with Crippen molar-refractivity contribution in [1.29, 1.82) is 0 Å². The van der Waals surface area contributed by atoms with E-state index in [0.717, 1.165) is 23.6 Å². The van der Waals surface area contributed by atoms with Crippen molar-refractivity contribution in [2.75, 3.05) is 13.1 Å². The van der Waals surface area contributed by atoms with Crippen LogP contribution in [0.1, 0.15) is 19.8 Å². The lowest BCUT2D eigenvalue weighted by atomic mass is 10.0. The van der Waals surface area contributed by atoms with Gasteiger partial charge in [-0.15, -0.1) is 5.47 Å². The maximum Gasteiger partial charge on any atom is 0.108 e. The zero-order valence-electron chi connectivity index (χ0n) is 7.55. The quantitative estimate of drug-likeness (QED) is 0.611. The standard InChI is InChI=1S/C9H14BNS/c1-8(10)7-12-9(2)11-5-3-4-6-11/h7H,2-6H2,1H3/b8-7+. The Labute approximate surface area is 80.3 Å². The molecule has 12 heavy (non-hydrogen) atoms. The highest BCUT2D eigenvalue weighted by molar-refractivity contribution is 8.05. The molecule has 0 spiro atoms. The Kier molecular flexibility index (Phi) is 3.79. The maximum atomic E-state index is 5.52. The molecule has 1 saturated heterocycles. The Bertz CT molecular complexity index is 191. The Morgan fingerprint density at radius 2 is 2.08 bits per heavy atom. The van der Waals surface area contributed by atoms with Gasteiger partial charge < -0.3 is 4.90 Å². The van der Waals surface area contributed by atoms with E-state index in [1.54, 1.807) is 11.8 Å². The van der Waals surface area contributed by atoms with E-state index < -0.39 is 0 Å². The molecule has 0 aromatic carbocycles. The first kappa shape index (κ1) is 9.78. The van der Waals surface area contributed by atoms with Crippen LogP contribution in [0.4, 0.5) is 0 Å². The summed E-state index contributed by atoms with van der Waals surface area (Å²) in [5, 5.41) is 3.07. The first-order valence-electron chi connectivity index (χ1n) is 4.23. The van der Waals surface area contributed by atoms with Gasteiger partial charge >= 0.3 is 0 Å². The number of thioether (sulfide) groups is 1. The molecule has 0 unspecified atom stereocenters. The molecular weight excluding hydrogens is 165 g/mol. The summed E-state index contributed by atoms with van der Waals surface area (Å²) in [6.45, 7) is 8.20. The second-order valence-corrected chi connectivity index (χ2v) is 4.01. The van der Waals surface area contributed by atoms with Crippen LogP contribution < -0.4 is 0 Å². The van der Waals surface area contributed by atoms with Crippen LogP contribution in [0.3, 0.4) is 0 Å². The third kappa shape index (κ3) is 2.98. The van der Waals surface area contributed by atoms with E-state index in [2.05, 4.69) is 11.5 Å². The summed E-state index contributed by atoms with van der Waals surface area (Å²) in [6, 6.07) is 0. The minimum atomic E-state index is 0.848. The van der Waals surface area contributed by atoms with E-state index >= 15 is 0 Å². The number of likely N-dealkylation sites (tertiary alicyclic amines) is 1. The number of hydrogen-bond acceptors (Lipinski definition) is 2. The largest absolute Gasteiger partial charge is 0.367 e. The lowest BCUT2D eigenvalue weighted by Crippen LogP contribution is -2.15. The van der Waals surface area contributed by atoms with E-state index in [1.165, 1.54) is 12.8 Å². The zero-order valence-corrected chi connectivity index (χ0v) is 8.36. The monoisotopic (exact) mass is 179 g/mol. The smallest absolute Gasteiger partial charge is 0.108 e. The lowest BCUT2D eigenvalue weighted by molar-refractivity contribution is 0.459. The van der Waals surface area contributed by atoms with Crippen LogP contribution in [0.15, 0.2) is 22.5 Å². The van der Waals surface area contributed by atoms with Gasteiger partial charge in [0.15, 0.2) is 0 Å². The molecule has 0 saturated carbocycles. The van der Waals surface area contributed by atoms with Crippen molar-refractivity contribution in [3.05, 3.63) is 22.5 Å². The molecule has 1 nitrogen and oxygen atoms in total. The van der Waals surface area contributed by atoms with Gasteiger partial charge in [-0.2, -0.15) is 0 Å². The van der Waals surface area contributed by atoms with Crippen LogP contribution in [-0.4, -0.2) is 25.8 Å². The molecule has 0 atom stereocenters. The molecule has 1 heterocycles. The van der Waals surface area contributed by atoms with Gasteiger partial charge in [0.05, 0.1) is 5.03 Å². The molecule has 2 radical (unpaired) electrons. The predicted molar refractivity (Wildman–Crippen MR) is 57.0 cm³/mol. The van der Waals surface area contributed by atoms with E-state index in [1.807, 2.05) is 12.3 Å². The van der Waals surface area contributed by atoms with E-state index in [0.29, 0.717) is 0 Å². The summed E-state index contributed by atoms with van der Waals surface area (Å²) in [5.41, 5.74) is 0.848. The van der Waals surface area contributed by atoms with Crippen LogP contribution in [-0.2, 0) is 0 Å². The fourth-order valence-corrected chi connectivity index (χ4v) is 1.86. The maximum absolute atomic E-state index is 5.52. The summed E-state index contributed by atoms with van der Waals surface area (Å²) in [7, 11) is 5.52. The lowest BCUT2D eigenvalue weighted by Gasteiger charge is -2.18. The highest BCUT2D eigenvalue weighted by Gasteiger charge is 2.12. The van der Waals surface area contributed by atoms with Gasteiger partial charge in [0.25, 0.3) is 0 Å². The molecule has 1 rings (SSSR count). The average molecular weight is 179 g/mol. The third-order valence-corrected chi connectivity index (χ3v) is 2.86. The summed E-state index contributed by atoms with van der Waals surface area (Å²) >= 11 is 1.63. The van der Waals surface area contributed by atoms with E-state index in [9.17, 15) is 0 Å².